The second kappa shape index (κ2) is 9.24. The van der Waals surface area contributed by atoms with Crippen LogP contribution in [0.25, 0.3) is 0 Å². The molecule has 0 bridgehead atoms. The van der Waals surface area contributed by atoms with Crippen LogP contribution in [0.4, 0.5) is 0 Å². The van der Waals surface area contributed by atoms with Gasteiger partial charge in [-0.3, -0.25) is 9.80 Å². The van der Waals surface area contributed by atoms with Gasteiger partial charge in [0.1, 0.15) is 0 Å². The fraction of sp³-hybridized carbons (Fsp3) is 0.750. The third kappa shape index (κ3) is 4.16. The second-order valence-corrected chi connectivity index (χ2v) is 11.9. The van der Waals surface area contributed by atoms with Crippen molar-refractivity contribution >= 4 is 12.5 Å². The van der Waals surface area contributed by atoms with Gasteiger partial charge in [-0.05, 0) is 86.9 Å². The number of allylic oxidation sites excluding steroid dienone is 3. The van der Waals surface area contributed by atoms with E-state index < -0.39 is 5.60 Å². The molecule has 0 spiro atoms. The molecular formula is C28H41N3O3. The Hall–Kier alpha value is -1.97. The SMILES string of the molecule is C=NN(/C=C(\C)C#N)CC(=O)[C@H]1CC[C@H]2[C@@H]3CC[C@@H]4C[C@@](O)(COC)CC[C@]4(C)C3=CC[C@]12C. The highest BCUT2D eigenvalue weighted by Crippen LogP contribution is 2.66. The fourth-order valence-corrected chi connectivity index (χ4v) is 8.18. The normalized spacial score (nSPS) is 41.4. The molecule has 3 saturated carbocycles. The lowest BCUT2D eigenvalue weighted by atomic mass is 9.47. The van der Waals surface area contributed by atoms with Gasteiger partial charge in [0.2, 0.25) is 0 Å². The van der Waals surface area contributed by atoms with Crippen LogP contribution < -0.4 is 0 Å². The number of fused-ring (bicyclic) bond motifs is 5. The summed E-state index contributed by atoms with van der Waals surface area (Å²) in [7, 11) is 1.68. The van der Waals surface area contributed by atoms with Gasteiger partial charge in [0, 0.05) is 31.5 Å². The van der Waals surface area contributed by atoms with Crippen molar-refractivity contribution in [1.29, 1.82) is 5.26 Å². The molecule has 0 aromatic heterocycles. The van der Waals surface area contributed by atoms with E-state index in [1.54, 1.807) is 25.8 Å². The van der Waals surface area contributed by atoms with E-state index in [2.05, 4.69) is 37.8 Å². The molecule has 0 heterocycles. The van der Waals surface area contributed by atoms with Crippen LogP contribution >= 0.6 is 0 Å². The van der Waals surface area contributed by atoms with Gasteiger partial charge in [-0.25, -0.2) is 0 Å². The zero-order valence-electron chi connectivity index (χ0n) is 21.3. The number of nitriles is 1. The van der Waals surface area contributed by atoms with E-state index in [1.165, 1.54) is 5.01 Å². The van der Waals surface area contributed by atoms with Crippen molar-refractivity contribution in [1.82, 2.24) is 5.01 Å². The maximum absolute atomic E-state index is 13.4. The summed E-state index contributed by atoms with van der Waals surface area (Å²) in [5, 5.41) is 25.6. The van der Waals surface area contributed by atoms with Gasteiger partial charge in [0.15, 0.2) is 5.78 Å². The van der Waals surface area contributed by atoms with Crippen LogP contribution in [0.1, 0.15) is 72.1 Å². The lowest BCUT2D eigenvalue weighted by Crippen LogP contribution is -2.53. The van der Waals surface area contributed by atoms with Crippen molar-refractivity contribution in [3.05, 3.63) is 23.4 Å². The van der Waals surface area contributed by atoms with Crippen LogP contribution in [0.15, 0.2) is 28.5 Å². The molecule has 7 atom stereocenters. The fourth-order valence-electron chi connectivity index (χ4n) is 8.18. The molecular weight excluding hydrogens is 426 g/mol. The number of nitrogens with zero attached hydrogens (tertiary/aromatic N) is 3. The molecule has 1 N–H and O–H groups in total. The summed E-state index contributed by atoms with van der Waals surface area (Å²) in [4.78, 5) is 13.4. The lowest BCUT2D eigenvalue weighted by Gasteiger charge is -2.58. The Morgan fingerprint density at radius 3 is 2.79 bits per heavy atom. The van der Waals surface area contributed by atoms with Crippen LogP contribution in [-0.2, 0) is 9.53 Å². The molecule has 4 rings (SSSR count). The van der Waals surface area contributed by atoms with Gasteiger partial charge in [0.05, 0.1) is 24.8 Å². The molecule has 0 radical (unpaired) electrons. The minimum Gasteiger partial charge on any atom is -0.387 e. The Morgan fingerprint density at radius 1 is 1.35 bits per heavy atom. The Morgan fingerprint density at radius 2 is 2.12 bits per heavy atom. The molecule has 4 aliphatic carbocycles. The number of ether oxygens (including phenoxy) is 1. The first-order valence-corrected chi connectivity index (χ1v) is 12.9. The molecule has 6 heteroatoms. The summed E-state index contributed by atoms with van der Waals surface area (Å²) in [6.07, 6.45) is 12.0. The molecule has 186 valence electrons. The second-order valence-electron chi connectivity index (χ2n) is 11.9. The molecule has 34 heavy (non-hydrogen) atoms. The highest BCUT2D eigenvalue weighted by Gasteiger charge is 2.59. The third-order valence-corrected chi connectivity index (χ3v) is 10.00. The van der Waals surface area contributed by atoms with Crippen LogP contribution in [0.5, 0.6) is 0 Å². The number of hydrazone groups is 1. The highest BCUT2D eigenvalue weighted by atomic mass is 16.5. The predicted molar refractivity (Wildman–Crippen MR) is 133 cm³/mol. The summed E-state index contributed by atoms with van der Waals surface area (Å²) in [6.45, 7) is 10.6. The number of hydrogen-bond acceptors (Lipinski definition) is 6. The van der Waals surface area contributed by atoms with Gasteiger partial charge in [-0.15, -0.1) is 0 Å². The van der Waals surface area contributed by atoms with E-state index in [9.17, 15) is 9.90 Å². The maximum Gasteiger partial charge on any atom is 0.157 e. The zero-order valence-corrected chi connectivity index (χ0v) is 21.3. The first kappa shape index (κ1) is 25.1. The Balaban J connectivity index is 1.53. The first-order chi connectivity index (χ1) is 16.1. The van der Waals surface area contributed by atoms with Crippen molar-refractivity contribution in [3.8, 4) is 6.07 Å². The highest BCUT2D eigenvalue weighted by molar-refractivity contribution is 5.84. The Bertz CT molecular complexity index is 936. The van der Waals surface area contributed by atoms with Crippen molar-refractivity contribution in [2.45, 2.75) is 77.7 Å². The van der Waals surface area contributed by atoms with Crippen molar-refractivity contribution in [2.24, 2.45) is 39.6 Å². The average molecular weight is 468 g/mol. The number of carbonyl (C=O) groups is 1. The first-order valence-electron chi connectivity index (χ1n) is 12.9. The number of aliphatic hydroxyl groups is 1. The van der Waals surface area contributed by atoms with Gasteiger partial charge >= 0.3 is 0 Å². The zero-order chi connectivity index (χ0) is 24.7. The quantitative estimate of drug-likeness (QED) is 0.250. The molecule has 0 unspecified atom stereocenters. The van der Waals surface area contributed by atoms with Crippen molar-refractivity contribution in [2.75, 3.05) is 20.3 Å². The number of rotatable bonds is 7. The number of Topliss-reactive ketones (excluding diaryl/α,β-unsaturated/α-hetero) is 1. The lowest BCUT2D eigenvalue weighted by molar-refractivity contribution is -0.128. The monoisotopic (exact) mass is 467 g/mol. The van der Waals surface area contributed by atoms with Crippen LogP contribution in [0.2, 0.25) is 0 Å². The number of ketones is 1. The minimum absolute atomic E-state index is 0.0130. The maximum atomic E-state index is 13.4. The molecule has 6 nitrogen and oxygen atoms in total. The Kier molecular flexibility index (Phi) is 6.83. The van der Waals surface area contributed by atoms with Gasteiger partial charge in [-0.1, -0.05) is 25.5 Å². The van der Waals surface area contributed by atoms with Crippen LogP contribution in [0, 0.1) is 45.8 Å². The molecule has 3 fully saturated rings. The molecule has 0 aromatic rings. The van der Waals surface area contributed by atoms with E-state index in [0.29, 0.717) is 29.9 Å². The molecule has 0 saturated heterocycles. The summed E-state index contributed by atoms with van der Waals surface area (Å²) < 4.78 is 5.34. The summed E-state index contributed by atoms with van der Waals surface area (Å²) >= 11 is 0. The van der Waals surface area contributed by atoms with Crippen molar-refractivity contribution < 1.29 is 14.6 Å². The largest absolute Gasteiger partial charge is 0.387 e. The minimum atomic E-state index is -0.691. The van der Waals surface area contributed by atoms with E-state index in [4.69, 9.17) is 10.00 Å². The number of methoxy groups -OCH3 is 1. The molecule has 0 amide bonds. The number of hydrogen-bond donors (Lipinski definition) is 1. The topological polar surface area (TPSA) is 85.9 Å². The van der Waals surface area contributed by atoms with Crippen LogP contribution in [0.3, 0.4) is 0 Å². The standard InChI is InChI=1S/C28H41N3O3/c1-19(15-29)16-31(30-4)17-25(32)24-9-8-22-21-7-6-20-14-28(33,18-34-5)13-12-26(20,2)23(21)10-11-27(22,24)3/h10,16,20-22,24,33H,4,6-9,11-14,17-18H2,1-3,5H3/b19-16+/t20-,21+,22+,24-,26+,27+,28-/m1/s1. The number of carbonyl (C=O) groups excluding carboxylic acids is 1. The summed E-state index contributed by atoms with van der Waals surface area (Å²) in [6, 6.07) is 2.08. The van der Waals surface area contributed by atoms with E-state index >= 15 is 0 Å². The van der Waals surface area contributed by atoms with Gasteiger partial charge in [-0.2, -0.15) is 10.4 Å². The van der Waals surface area contributed by atoms with E-state index in [-0.39, 0.29) is 29.1 Å². The smallest absolute Gasteiger partial charge is 0.157 e. The average Bonchev–Trinajstić information content (AvgIpc) is 3.16. The molecule has 0 aromatic carbocycles. The Labute approximate surface area is 204 Å². The molecule has 4 aliphatic rings. The van der Waals surface area contributed by atoms with E-state index in [0.717, 1.165) is 51.4 Å². The summed E-state index contributed by atoms with van der Waals surface area (Å²) in [5.41, 5.74) is 1.55. The predicted octanol–water partition coefficient (Wildman–Crippen LogP) is 4.86. The van der Waals surface area contributed by atoms with Crippen LogP contribution in [-0.4, -0.2) is 48.5 Å². The van der Waals surface area contributed by atoms with Gasteiger partial charge < -0.3 is 9.84 Å². The van der Waals surface area contributed by atoms with Gasteiger partial charge in [0.25, 0.3) is 0 Å². The summed E-state index contributed by atoms with van der Waals surface area (Å²) in [5.74, 6) is 1.79. The molecule has 0 aliphatic heterocycles. The third-order valence-electron chi connectivity index (χ3n) is 10.00. The van der Waals surface area contributed by atoms with Crippen molar-refractivity contribution in [3.63, 3.8) is 0 Å². The van der Waals surface area contributed by atoms with E-state index in [1.807, 2.05) is 0 Å².